The number of nitro groups is 1. The van der Waals surface area contributed by atoms with Crippen LogP contribution in [-0.2, 0) is 6.61 Å². The predicted molar refractivity (Wildman–Crippen MR) is 82.6 cm³/mol. The molecule has 0 radical (unpaired) electrons. The minimum absolute atomic E-state index is 0.0287. The van der Waals surface area contributed by atoms with Crippen molar-refractivity contribution in [2.24, 2.45) is 0 Å². The zero-order valence-electron chi connectivity index (χ0n) is 12.7. The van der Waals surface area contributed by atoms with Crippen LogP contribution in [0.5, 0.6) is 0 Å². The van der Waals surface area contributed by atoms with Crippen LogP contribution < -0.4 is 4.90 Å². The van der Waals surface area contributed by atoms with Gasteiger partial charge in [-0.1, -0.05) is 6.92 Å². The average Bonchev–Trinajstić information content (AvgIpc) is 2.53. The highest BCUT2D eigenvalue weighted by Crippen LogP contribution is 2.27. The molecule has 1 heterocycles. The Bertz CT molecular complexity index is 499. The van der Waals surface area contributed by atoms with Gasteiger partial charge in [-0.2, -0.15) is 0 Å². The van der Waals surface area contributed by atoms with Crippen LogP contribution in [0.4, 0.5) is 11.4 Å². The highest BCUT2D eigenvalue weighted by Gasteiger charge is 2.22. The minimum atomic E-state index is -0.427. The van der Waals surface area contributed by atoms with E-state index in [1.807, 2.05) is 0 Å². The fourth-order valence-corrected chi connectivity index (χ4v) is 2.78. The van der Waals surface area contributed by atoms with Gasteiger partial charge in [-0.05, 0) is 19.4 Å². The van der Waals surface area contributed by atoms with Gasteiger partial charge < -0.3 is 10.0 Å². The number of nitro benzene ring substituents is 1. The van der Waals surface area contributed by atoms with Crippen molar-refractivity contribution >= 4 is 11.4 Å². The third-order valence-electron chi connectivity index (χ3n) is 4.31. The molecule has 21 heavy (non-hydrogen) atoms. The Morgan fingerprint density at radius 1 is 1.33 bits per heavy atom. The van der Waals surface area contributed by atoms with Crippen LogP contribution in [0.1, 0.15) is 25.8 Å². The van der Waals surface area contributed by atoms with E-state index in [0.717, 1.165) is 38.3 Å². The maximum atomic E-state index is 10.8. The Hall–Kier alpha value is -1.66. The topological polar surface area (TPSA) is 69.9 Å². The summed E-state index contributed by atoms with van der Waals surface area (Å²) in [7, 11) is 0. The minimum Gasteiger partial charge on any atom is -0.392 e. The summed E-state index contributed by atoms with van der Waals surface area (Å²) in [4.78, 5) is 15.0. The van der Waals surface area contributed by atoms with Gasteiger partial charge in [0.1, 0.15) is 0 Å². The Kier molecular flexibility index (Phi) is 5.14. The Balaban J connectivity index is 2.11. The number of aliphatic hydroxyl groups is 1. The molecule has 0 bridgehead atoms. The van der Waals surface area contributed by atoms with Gasteiger partial charge in [0.15, 0.2) is 0 Å². The second kappa shape index (κ2) is 6.87. The molecule has 1 aliphatic rings. The zero-order valence-corrected chi connectivity index (χ0v) is 12.7. The van der Waals surface area contributed by atoms with Crippen LogP contribution in [0.2, 0.25) is 0 Å². The average molecular weight is 293 g/mol. The molecule has 0 aliphatic carbocycles. The molecule has 1 N–H and O–H groups in total. The predicted octanol–water partition coefficient (Wildman–Crippen LogP) is 2.01. The molecule has 2 rings (SSSR count). The molecule has 0 aromatic heterocycles. The molecule has 1 aliphatic heterocycles. The highest BCUT2D eigenvalue weighted by molar-refractivity contribution is 5.58. The van der Waals surface area contributed by atoms with Gasteiger partial charge >= 0.3 is 0 Å². The highest BCUT2D eigenvalue weighted by atomic mass is 16.6. The number of benzene rings is 1. The maximum absolute atomic E-state index is 10.8. The van der Waals surface area contributed by atoms with Crippen molar-refractivity contribution in [3.8, 4) is 0 Å². The van der Waals surface area contributed by atoms with E-state index in [-0.39, 0.29) is 12.3 Å². The molecule has 6 nitrogen and oxygen atoms in total. The molecule has 1 atom stereocenters. The lowest BCUT2D eigenvalue weighted by atomic mass is 10.1. The maximum Gasteiger partial charge on any atom is 0.269 e. The standard InChI is InChI=1S/C15H23N3O3/c1-3-12(2)16-6-8-17(9-7-16)15-5-4-14(18(20)21)10-13(15)11-19/h4-5,10,12,19H,3,6-9,11H2,1-2H3. The van der Waals surface area contributed by atoms with E-state index >= 15 is 0 Å². The number of hydrogen-bond donors (Lipinski definition) is 1. The molecule has 1 aromatic carbocycles. The van der Waals surface area contributed by atoms with Crippen molar-refractivity contribution in [3.05, 3.63) is 33.9 Å². The van der Waals surface area contributed by atoms with Gasteiger partial charge in [0.05, 0.1) is 11.5 Å². The zero-order chi connectivity index (χ0) is 15.4. The lowest BCUT2D eigenvalue weighted by molar-refractivity contribution is -0.384. The second-order valence-electron chi connectivity index (χ2n) is 5.51. The Morgan fingerprint density at radius 2 is 2.00 bits per heavy atom. The smallest absolute Gasteiger partial charge is 0.269 e. The van der Waals surface area contributed by atoms with E-state index < -0.39 is 4.92 Å². The molecule has 0 spiro atoms. The molecule has 0 amide bonds. The number of rotatable bonds is 5. The normalized spacial score (nSPS) is 17.8. The molecule has 0 saturated carbocycles. The van der Waals surface area contributed by atoms with Crippen molar-refractivity contribution in [3.63, 3.8) is 0 Å². The van der Waals surface area contributed by atoms with Crippen molar-refractivity contribution in [2.45, 2.75) is 32.9 Å². The van der Waals surface area contributed by atoms with Crippen LogP contribution >= 0.6 is 0 Å². The second-order valence-corrected chi connectivity index (χ2v) is 5.51. The number of aliphatic hydroxyl groups excluding tert-OH is 1. The molecule has 1 aromatic rings. The van der Waals surface area contributed by atoms with Crippen LogP contribution in [0.3, 0.4) is 0 Å². The summed E-state index contributed by atoms with van der Waals surface area (Å²) in [5, 5.41) is 20.3. The van der Waals surface area contributed by atoms with Gasteiger partial charge in [-0.15, -0.1) is 0 Å². The van der Waals surface area contributed by atoms with Crippen molar-refractivity contribution in [1.82, 2.24) is 4.90 Å². The quantitative estimate of drug-likeness (QED) is 0.664. The summed E-state index contributed by atoms with van der Waals surface area (Å²) in [5.74, 6) is 0. The van der Waals surface area contributed by atoms with E-state index in [1.165, 1.54) is 12.1 Å². The van der Waals surface area contributed by atoms with E-state index in [4.69, 9.17) is 0 Å². The Morgan fingerprint density at radius 3 is 2.52 bits per heavy atom. The first kappa shape index (κ1) is 15.7. The summed E-state index contributed by atoms with van der Waals surface area (Å²) < 4.78 is 0. The summed E-state index contributed by atoms with van der Waals surface area (Å²) >= 11 is 0. The molecular formula is C15H23N3O3. The fraction of sp³-hybridized carbons (Fsp3) is 0.600. The molecule has 1 fully saturated rings. The van der Waals surface area contributed by atoms with E-state index in [2.05, 4.69) is 23.6 Å². The lowest BCUT2D eigenvalue weighted by Gasteiger charge is -2.39. The van der Waals surface area contributed by atoms with Crippen molar-refractivity contribution < 1.29 is 10.0 Å². The third kappa shape index (κ3) is 3.51. The van der Waals surface area contributed by atoms with Crippen LogP contribution in [-0.4, -0.2) is 47.2 Å². The van der Waals surface area contributed by atoms with Gasteiger partial charge in [-0.25, -0.2) is 0 Å². The Labute approximate surface area is 125 Å². The van der Waals surface area contributed by atoms with Gasteiger partial charge in [0.25, 0.3) is 5.69 Å². The van der Waals surface area contributed by atoms with E-state index in [9.17, 15) is 15.2 Å². The first-order valence-electron chi connectivity index (χ1n) is 7.44. The molecular weight excluding hydrogens is 270 g/mol. The van der Waals surface area contributed by atoms with Crippen LogP contribution in [0.25, 0.3) is 0 Å². The first-order valence-corrected chi connectivity index (χ1v) is 7.44. The van der Waals surface area contributed by atoms with Crippen molar-refractivity contribution in [2.75, 3.05) is 31.1 Å². The van der Waals surface area contributed by atoms with Gasteiger partial charge in [0.2, 0.25) is 0 Å². The van der Waals surface area contributed by atoms with Gasteiger partial charge in [0, 0.05) is 55.6 Å². The first-order chi connectivity index (χ1) is 10.1. The van der Waals surface area contributed by atoms with E-state index in [0.29, 0.717) is 11.6 Å². The molecule has 6 heteroatoms. The SMILES string of the molecule is CCC(C)N1CCN(c2ccc([N+](=O)[O-])cc2CO)CC1. The number of non-ortho nitro benzene ring substituents is 1. The fourth-order valence-electron chi connectivity index (χ4n) is 2.78. The number of piperazine rings is 1. The number of anilines is 1. The summed E-state index contributed by atoms with van der Waals surface area (Å²) in [6.45, 7) is 7.98. The molecule has 116 valence electrons. The monoisotopic (exact) mass is 293 g/mol. The largest absolute Gasteiger partial charge is 0.392 e. The third-order valence-corrected chi connectivity index (χ3v) is 4.31. The summed E-state index contributed by atoms with van der Waals surface area (Å²) in [5.41, 5.74) is 1.56. The summed E-state index contributed by atoms with van der Waals surface area (Å²) in [6, 6.07) is 5.32. The van der Waals surface area contributed by atoms with Gasteiger partial charge in [-0.3, -0.25) is 15.0 Å². The van der Waals surface area contributed by atoms with Crippen LogP contribution in [0.15, 0.2) is 18.2 Å². The molecule has 1 unspecified atom stereocenters. The van der Waals surface area contributed by atoms with Crippen LogP contribution in [0, 0.1) is 10.1 Å². The lowest BCUT2D eigenvalue weighted by Crippen LogP contribution is -2.49. The van der Waals surface area contributed by atoms with E-state index in [1.54, 1.807) is 6.07 Å². The summed E-state index contributed by atoms with van der Waals surface area (Å²) in [6.07, 6.45) is 1.14. The number of nitrogens with zero attached hydrogens (tertiary/aromatic N) is 3. The van der Waals surface area contributed by atoms with Crippen molar-refractivity contribution in [1.29, 1.82) is 0 Å². The number of hydrogen-bond acceptors (Lipinski definition) is 5. The molecule has 1 saturated heterocycles.